The van der Waals surface area contributed by atoms with Crippen LogP contribution < -0.4 is 5.32 Å². The maximum Gasteiger partial charge on any atom is 0.325 e. The molecule has 1 heterocycles. The standard InChI is InChI=1S/C8H12N2O4S/c1-14-8(13)2-9-6(11)3-10-5-15-4-7(10)12/h2-5H2,1H3,(H,9,11). The molecule has 2 amide bonds. The van der Waals surface area contributed by atoms with Crippen molar-refractivity contribution in [2.75, 3.05) is 31.8 Å². The van der Waals surface area contributed by atoms with Gasteiger partial charge in [0.1, 0.15) is 13.1 Å². The maximum atomic E-state index is 11.2. The van der Waals surface area contributed by atoms with E-state index in [9.17, 15) is 14.4 Å². The van der Waals surface area contributed by atoms with Crippen LogP contribution in [0.15, 0.2) is 0 Å². The summed E-state index contributed by atoms with van der Waals surface area (Å²) >= 11 is 1.47. The average Bonchev–Trinajstić information content (AvgIpc) is 2.61. The zero-order chi connectivity index (χ0) is 11.3. The quantitative estimate of drug-likeness (QED) is 0.617. The molecule has 15 heavy (non-hydrogen) atoms. The molecule has 1 aliphatic rings. The lowest BCUT2D eigenvalue weighted by Gasteiger charge is -2.13. The number of amides is 2. The zero-order valence-corrected chi connectivity index (χ0v) is 9.13. The smallest absolute Gasteiger partial charge is 0.325 e. The van der Waals surface area contributed by atoms with E-state index in [1.165, 1.54) is 23.8 Å². The summed E-state index contributed by atoms with van der Waals surface area (Å²) in [7, 11) is 1.25. The summed E-state index contributed by atoms with van der Waals surface area (Å²) in [4.78, 5) is 34.5. The number of ether oxygens (including phenoxy) is 1. The highest BCUT2D eigenvalue weighted by Crippen LogP contribution is 2.13. The van der Waals surface area contributed by atoms with Gasteiger partial charge in [0.2, 0.25) is 11.8 Å². The minimum Gasteiger partial charge on any atom is -0.468 e. The fraction of sp³-hybridized carbons (Fsp3) is 0.625. The van der Waals surface area contributed by atoms with Crippen LogP contribution in [0.4, 0.5) is 0 Å². The third-order valence-corrected chi connectivity index (χ3v) is 2.76. The zero-order valence-electron chi connectivity index (χ0n) is 8.32. The second-order valence-electron chi connectivity index (χ2n) is 2.92. The van der Waals surface area contributed by atoms with Gasteiger partial charge in [-0.2, -0.15) is 0 Å². The van der Waals surface area contributed by atoms with Gasteiger partial charge < -0.3 is 15.0 Å². The number of thioether (sulfide) groups is 1. The molecule has 0 aromatic carbocycles. The molecule has 6 nitrogen and oxygen atoms in total. The monoisotopic (exact) mass is 232 g/mol. The Morgan fingerprint density at radius 1 is 1.60 bits per heavy atom. The summed E-state index contributed by atoms with van der Waals surface area (Å²) in [5.74, 6) is 0.0457. The summed E-state index contributed by atoms with van der Waals surface area (Å²) < 4.78 is 4.35. The van der Waals surface area contributed by atoms with E-state index in [0.717, 1.165) is 0 Å². The van der Waals surface area contributed by atoms with Crippen LogP contribution in [0, 0.1) is 0 Å². The summed E-state index contributed by atoms with van der Waals surface area (Å²) in [6.45, 7) is -0.159. The van der Waals surface area contributed by atoms with Crippen molar-refractivity contribution in [1.82, 2.24) is 10.2 Å². The van der Waals surface area contributed by atoms with E-state index >= 15 is 0 Å². The molecule has 84 valence electrons. The molecule has 1 aliphatic heterocycles. The molecule has 1 rings (SSSR count). The average molecular weight is 232 g/mol. The molecule has 0 atom stereocenters. The number of hydrogen-bond donors (Lipinski definition) is 1. The van der Waals surface area contributed by atoms with E-state index in [1.54, 1.807) is 0 Å². The molecule has 0 unspecified atom stereocenters. The van der Waals surface area contributed by atoms with Crippen molar-refractivity contribution in [1.29, 1.82) is 0 Å². The molecular formula is C8H12N2O4S. The second-order valence-corrected chi connectivity index (χ2v) is 3.88. The van der Waals surface area contributed by atoms with E-state index in [-0.39, 0.29) is 24.9 Å². The number of esters is 1. The lowest BCUT2D eigenvalue weighted by molar-refractivity contribution is -0.141. The Morgan fingerprint density at radius 2 is 2.33 bits per heavy atom. The van der Waals surface area contributed by atoms with Crippen LogP contribution >= 0.6 is 11.8 Å². The molecule has 1 N–H and O–H groups in total. The van der Waals surface area contributed by atoms with Crippen LogP contribution in [0.1, 0.15) is 0 Å². The molecule has 0 radical (unpaired) electrons. The van der Waals surface area contributed by atoms with E-state index in [0.29, 0.717) is 11.6 Å². The lowest BCUT2D eigenvalue weighted by atomic mass is 10.5. The maximum absolute atomic E-state index is 11.2. The summed E-state index contributed by atoms with van der Waals surface area (Å²) in [5, 5.41) is 2.36. The van der Waals surface area contributed by atoms with Crippen LogP contribution in [0.5, 0.6) is 0 Å². The Morgan fingerprint density at radius 3 is 2.87 bits per heavy atom. The fourth-order valence-corrected chi connectivity index (χ4v) is 1.92. The second kappa shape index (κ2) is 5.59. The molecule has 1 fully saturated rings. The first-order chi connectivity index (χ1) is 7.13. The first kappa shape index (κ1) is 11.8. The van der Waals surface area contributed by atoms with Crippen molar-refractivity contribution in [3.63, 3.8) is 0 Å². The SMILES string of the molecule is COC(=O)CNC(=O)CN1CSCC1=O. The first-order valence-electron chi connectivity index (χ1n) is 4.32. The number of rotatable bonds is 4. The van der Waals surface area contributed by atoms with Crippen LogP contribution in [-0.4, -0.2) is 54.5 Å². The van der Waals surface area contributed by atoms with Crippen LogP contribution in [0.3, 0.4) is 0 Å². The Kier molecular flexibility index (Phi) is 4.41. The Balaban J connectivity index is 2.23. The third-order valence-electron chi connectivity index (χ3n) is 1.82. The van der Waals surface area contributed by atoms with Crippen molar-refractivity contribution in [2.45, 2.75) is 0 Å². The van der Waals surface area contributed by atoms with Gasteiger partial charge in [-0.25, -0.2) is 0 Å². The molecule has 0 aromatic rings. The third kappa shape index (κ3) is 3.78. The van der Waals surface area contributed by atoms with Gasteiger partial charge in [0, 0.05) is 0 Å². The van der Waals surface area contributed by atoms with Crippen molar-refractivity contribution < 1.29 is 19.1 Å². The van der Waals surface area contributed by atoms with Gasteiger partial charge in [-0.05, 0) is 0 Å². The lowest BCUT2D eigenvalue weighted by Crippen LogP contribution is -2.40. The molecule has 0 aliphatic carbocycles. The number of methoxy groups -OCH3 is 1. The predicted molar refractivity (Wildman–Crippen MR) is 54.1 cm³/mol. The summed E-state index contributed by atoms with van der Waals surface area (Å²) in [6.07, 6.45) is 0. The number of carbonyl (C=O) groups is 3. The topological polar surface area (TPSA) is 75.7 Å². The van der Waals surface area contributed by atoms with Gasteiger partial charge >= 0.3 is 5.97 Å². The normalized spacial score (nSPS) is 15.3. The largest absolute Gasteiger partial charge is 0.468 e. The number of carbonyl (C=O) groups excluding carboxylic acids is 3. The van der Waals surface area contributed by atoms with Crippen LogP contribution in [0.25, 0.3) is 0 Å². The number of nitrogens with zero attached hydrogens (tertiary/aromatic N) is 1. The Labute approximate surface area is 91.3 Å². The molecule has 0 spiro atoms. The number of nitrogens with one attached hydrogen (secondary N) is 1. The van der Waals surface area contributed by atoms with Crippen molar-refractivity contribution >= 4 is 29.5 Å². The van der Waals surface area contributed by atoms with E-state index in [4.69, 9.17) is 0 Å². The van der Waals surface area contributed by atoms with Crippen molar-refractivity contribution in [3.8, 4) is 0 Å². The van der Waals surface area contributed by atoms with Gasteiger partial charge in [-0.15, -0.1) is 11.8 Å². The van der Waals surface area contributed by atoms with E-state index in [2.05, 4.69) is 10.1 Å². The van der Waals surface area contributed by atoms with Gasteiger partial charge in [0.15, 0.2) is 0 Å². The highest BCUT2D eigenvalue weighted by Gasteiger charge is 2.22. The van der Waals surface area contributed by atoms with E-state index in [1.807, 2.05) is 0 Å². The van der Waals surface area contributed by atoms with Crippen molar-refractivity contribution in [2.24, 2.45) is 0 Å². The molecule has 7 heteroatoms. The minimum absolute atomic E-state index is 0.00281. The number of hydrogen-bond acceptors (Lipinski definition) is 5. The molecular weight excluding hydrogens is 220 g/mol. The van der Waals surface area contributed by atoms with Crippen LogP contribution in [-0.2, 0) is 19.1 Å². The van der Waals surface area contributed by atoms with Gasteiger partial charge in [-0.1, -0.05) is 0 Å². The van der Waals surface area contributed by atoms with Gasteiger partial charge in [-0.3, -0.25) is 14.4 Å². The predicted octanol–water partition coefficient (Wildman–Crippen LogP) is -1.19. The highest BCUT2D eigenvalue weighted by molar-refractivity contribution is 8.00. The summed E-state index contributed by atoms with van der Waals surface area (Å²) in [5.41, 5.74) is 0. The van der Waals surface area contributed by atoms with Crippen LogP contribution in [0.2, 0.25) is 0 Å². The van der Waals surface area contributed by atoms with Crippen molar-refractivity contribution in [3.05, 3.63) is 0 Å². The van der Waals surface area contributed by atoms with Gasteiger partial charge in [0.05, 0.1) is 18.7 Å². The Bertz CT molecular complexity index is 282. The molecule has 0 saturated carbocycles. The molecule has 0 aromatic heterocycles. The van der Waals surface area contributed by atoms with E-state index < -0.39 is 5.97 Å². The molecule has 1 saturated heterocycles. The minimum atomic E-state index is -0.509. The first-order valence-corrected chi connectivity index (χ1v) is 5.48. The Hall–Kier alpha value is -1.24. The fourth-order valence-electron chi connectivity index (χ4n) is 1.01. The summed E-state index contributed by atoms with van der Waals surface area (Å²) in [6, 6.07) is 0. The highest BCUT2D eigenvalue weighted by atomic mass is 32.2. The molecule has 0 bridgehead atoms. The van der Waals surface area contributed by atoms with Gasteiger partial charge in [0.25, 0.3) is 0 Å².